The number of carbonyl (C=O) groups is 1. The Hall–Kier alpha value is -2.90. The number of aryl methyl sites for hydroxylation is 1. The summed E-state index contributed by atoms with van der Waals surface area (Å²) >= 11 is 0. The van der Waals surface area contributed by atoms with Gasteiger partial charge < -0.3 is 20.1 Å². The molecule has 1 amide bonds. The summed E-state index contributed by atoms with van der Waals surface area (Å²) in [6.07, 6.45) is 2.10. The minimum atomic E-state index is 0.0185. The van der Waals surface area contributed by atoms with Crippen molar-refractivity contribution in [2.45, 2.75) is 25.9 Å². The molecule has 1 saturated heterocycles. The van der Waals surface area contributed by atoms with Gasteiger partial charge in [0.2, 0.25) is 5.91 Å². The summed E-state index contributed by atoms with van der Waals surface area (Å²) in [5.41, 5.74) is 0.929. The van der Waals surface area contributed by atoms with Gasteiger partial charge in [-0.2, -0.15) is 0 Å². The molecule has 2 heterocycles. The van der Waals surface area contributed by atoms with Crippen molar-refractivity contribution >= 4 is 17.6 Å². The lowest BCUT2D eigenvalue weighted by Gasteiger charge is -2.18. The number of rotatable bonds is 5. The van der Waals surface area contributed by atoms with E-state index in [1.54, 1.807) is 6.33 Å². The molecule has 1 aromatic carbocycles. The zero-order valence-corrected chi connectivity index (χ0v) is 14.5. The smallest absolute Gasteiger partial charge is 0.229 e. The third kappa shape index (κ3) is 4.14. The summed E-state index contributed by atoms with van der Waals surface area (Å²) < 4.78 is 1.84. The van der Waals surface area contributed by atoms with Gasteiger partial charge in [0, 0.05) is 32.2 Å². The van der Waals surface area contributed by atoms with Crippen LogP contribution in [-0.4, -0.2) is 45.8 Å². The Morgan fingerprint density at radius 2 is 2.16 bits per heavy atom. The van der Waals surface area contributed by atoms with Crippen LogP contribution in [0.15, 0.2) is 41.7 Å². The molecule has 8 nitrogen and oxygen atoms in total. The van der Waals surface area contributed by atoms with Crippen molar-refractivity contribution in [1.82, 2.24) is 25.4 Å². The molecule has 3 rings (SSSR count). The van der Waals surface area contributed by atoms with E-state index in [-0.39, 0.29) is 11.9 Å². The molecule has 132 valence electrons. The molecule has 0 bridgehead atoms. The fourth-order valence-corrected chi connectivity index (χ4v) is 2.78. The average molecular weight is 341 g/mol. The highest BCUT2D eigenvalue weighted by Crippen LogP contribution is 2.20. The number of guanidine groups is 1. The van der Waals surface area contributed by atoms with Crippen LogP contribution in [-0.2, 0) is 18.4 Å². The van der Waals surface area contributed by atoms with Crippen molar-refractivity contribution < 1.29 is 4.79 Å². The maximum absolute atomic E-state index is 12.3. The maximum Gasteiger partial charge on any atom is 0.229 e. The Kier molecular flexibility index (Phi) is 5.27. The molecular weight excluding hydrogens is 318 g/mol. The van der Waals surface area contributed by atoms with Gasteiger partial charge in [-0.3, -0.25) is 4.79 Å². The molecular formula is C17H23N7O. The van der Waals surface area contributed by atoms with Gasteiger partial charge in [-0.05, 0) is 19.1 Å². The van der Waals surface area contributed by atoms with Gasteiger partial charge in [0.05, 0.1) is 6.04 Å². The maximum atomic E-state index is 12.3. The molecule has 2 N–H and O–H groups in total. The number of aromatic nitrogens is 3. The van der Waals surface area contributed by atoms with E-state index in [4.69, 9.17) is 0 Å². The number of nitrogens with one attached hydrogen (secondary N) is 2. The van der Waals surface area contributed by atoms with Crippen molar-refractivity contribution in [1.29, 1.82) is 0 Å². The quantitative estimate of drug-likeness (QED) is 0.617. The monoisotopic (exact) mass is 341 g/mol. The van der Waals surface area contributed by atoms with Gasteiger partial charge >= 0.3 is 0 Å². The minimum Gasteiger partial charge on any atom is -0.357 e. The van der Waals surface area contributed by atoms with E-state index in [0.29, 0.717) is 25.5 Å². The van der Waals surface area contributed by atoms with Crippen LogP contribution in [0.25, 0.3) is 0 Å². The van der Waals surface area contributed by atoms with E-state index in [9.17, 15) is 4.79 Å². The van der Waals surface area contributed by atoms with Crippen LogP contribution in [0.1, 0.15) is 19.2 Å². The Morgan fingerprint density at radius 3 is 2.84 bits per heavy atom. The molecule has 0 spiro atoms. The summed E-state index contributed by atoms with van der Waals surface area (Å²) in [6, 6.07) is 9.75. The van der Waals surface area contributed by atoms with Crippen molar-refractivity contribution in [3.05, 3.63) is 42.5 Å². The first-order chi connectivity index (χ1) is 12.2. The lowest BCUT2D eigenvalue weighted by molar-refractivity contribution is -0.117. The number of para-hydroxylation sites is 1. The molecule has 25 heavy (non-hydrogen) atoms. The van der Waals surface area contributed by atoms with Crippen LogP contribution in [0.5, 0.6) is 0 Å². The third-order valence-corrected chi connectivity index (χ3v) is 4.06. The zero-order chi connectivity index (χ0) is 17.6. The van der Waals surface area contributed by atoms with Crippen molar-refractivity contribution in [3.63, 3.8) is 0 Å². The molecule has 0 aliphatic carbocycles. The number of aliphatic imine (C=N–C) groups is 1. The largest absolute Gasteiger partial charge is 0.357 e. The predicted octanol–water partition coefficient (Wildman–Crippen LogP) is 0.676. The van der Waals surface area contributed by atoms with Crippen molar-refractivity contribution in [2.75, 3.05) is 18.0 Å². The van der Waals surface area contributed by atoms with Crippen LogP contribution in [0.2, 0.25) is 0 Å². The molecule has 8 heteroatoms. The van der Waals surface area contributed by atoms with Gasteiger partial charge in [-0.15, -0.1) is 10.2 Å². The Labute approximate surface area is 147 Å². The summed E-state index contributed by atoms with van der Waals surface area (Å²) in [4.78, 5) is 18.7. The number of benzene rings is 1. The standard InChI is InChI=1S/C17H23N7O/c1-3-18-17(19-10-15-22-20-12-23(15)2)21-13-9-16(25)24(11-13)14-7-5-4-6-8-14/h4-8,12-13H,3,9-11H2,1-2H3,(H2,18,19,21). The van der Waals surface area contributed by atoms with E-state index < -0.39 is 0 Å². The third-order valence-electron chi connectivity index (χ3n) is 4.06. The van der Waals surface area contributed by atoms with Crippen LogP contribution in [0.4, 0.5) is 5.69 Å². The van der Waals surface area contributed by atoms with Crippen molar-refractivity contribution in [2.24, 2.45) is 12.0 Å². The van der Waals surface area contributed by atoms with E-state index in [2.05, 4.69) is 25.8 Å². The molecule has 2 aromatic rings. The molecule has 1 fully saturated rings. The van der Waals surface area contributed by atoms with Gasteiger partial charge in [-0.1, -0.05) is 18.2 Å². The second-order valence-electron chi connectivity index (χ2n) is 5.94. The number of amides is 1. The highest BCUT2D eigenvalue weighted by molar-refractivity contribution is 5.97. The number of anilines is 1. The topological polar surface area (TPSA) is 87.4 Å². The van der Waals surface area contributed by atoms with Gasteiger partial charge in [-0.25, -0.2) is 4.99 Å². The van der Waals surface area contributed by atoms with Gasteiger partial charge in [0.1, 0.15) is 12.9 Å². The summed E-state index contributed by atoms with van der Waals surface area (Å²) in [6.45, 7) is 3.80. The van der Waals surface area contributed by atoms with Gasteiger partial charge in [0.25, 0.3) is 0 Å². The Morgan fingerprint density at radius 1 is 1.36 bits per heavy atom. The predicted molar refractivity (Wildman–Crippen MR) is 96.2 cm³/mol. The van der Waals surface area contributed by atoms with Crippen molar-refractivity contribution in [3.8, 4) is 0 Å². The van der Waals surface area contributed by atoms with Crippen LogP contribution in [0.3, 0.4) is 0 Å². The molecule has 1 atom stereocenters. The molecule has 0 radical (unpaired) electrons. The fraction of sp³-hybridized carbons (Fsp3) is 0.412. The lowest BCUT2D eigenvalue weighted by Crippen LogP contribution is -2.44. The first kappa shape index (κ1) is 16.9. The second kappa shape index (κ2) is 7.78. The highest BCUT2D eigenvalue weighted by atomic mass is 16.2. The first-order valence-electron chi connectivity index (χ1n) is 8.40. The number of hydrogen-bond acceptors (Lipinski definition) is 4. The normalized spacial score (nSPS) is 17.8. The Bertz CT molecular complexity index is 740. The number of hydrogen-bond donors (Lipinski definition) is 2. The molecule has 1 aliphatic heterocycles. The summed E-state index contributed by atoms with van der Waals surface area (Å²) in [7, 11) is 1.89. The second-order valence-corrected chi connectivity index (χ2v) is 5.94. The van der Waals surface area contributed by atoms with Crippen LogP contribution in [0, 0.1) is 0 Å². The summed E-state index contributed by atoms with van der Waals surface area (Å²) in [5, 5.41) is 14.4. The van der Waals surface area contributed by atoms with E-state index in [1.165, 1.54) is 0 Å². The lowest BCUT2D eigenvalue weighted by atomic mass is 10.2. The van der Waals surface area contributed by atoms with E-state index in [1.807, 2.05) is 53.8 Å². The molecule has 1 aromatic heterocycles. The Balaban J connectivity index is 1.64. The number of nitrogens with zero attached hydrogens (tertiary/aromatic N) is 5. The van der Waals surface area contributed by atoms with Crippen LogP contribution >= 0.6 is 0 Å². The van der Waals surface area contributed by atoms with E-state index in [0.717, 1.165) is 18.1 Å². The van der Waals surface area contributed by atoms with Gasteiger partial charge in [0.15, 0.2) is 11.8 Å². The zero-order valence-electron chi connectivity index (χ0n) is 14.5. The fourth-order valence-electron chi connectivity index (χ4n) is 2.78. The minimum absolute atomic E-state index is 0.0185. The number of carbonyl (C=O) groups excluding carboxylic acids is 1. The first-order valence-corrected chi connectivity index (χ1v) is 8.40. The summed E-state index contributed by atoms with van der Waals surface area (Å²) in [5.74, 6) is 1.58. The van der Waals surface area contributed by atoms with Crippen LogP contribution < -0.4 is 15.5 Å². The molecule has 0 saturated carbocycles. The van der Waals surface area contributed by atoms with E-state index >= 15 is 0 Å². The SMILES string of the molecule is CCNC(=NCc1nncn1C)NC1CC(=O)N(c2ccccc2)C1. The average Bonchev–Trinajstić information content (AvgIpc) is 3.19. The highest BCUT2D eigenvalue weighted by Gasteiger charge is 2.31. The molecule has 1 aliphatic rings. The molecule has 1 unspecified atom stereocenters.